The molecule has 2 aromatic rings. The maximum atomic E-state index is 10.7. The number of ether oxygens (including phenoxy) is 2. The molecular weight excluding hydrogens is 322 g/mol. The molecule has 2 rings (SSSR count). The Labute approximate surface area is 147 Å². The molecule has 7 nitrogen and oxygen atoms in total. The van der Waals surface area contributed by atoms with Crippen molar-refractivity contribution >= 4 is 11.5 Å². The van der Waals surface area contributed by atoms with Crippen molar-refractivity contribution in [1.82, 2.24) is 4.98 Å². The van der Waals surface area contributed by atoms with Crippen molar-refractivity contribution in [2.24, 2.45) is 0 Å². The molecule has 1 aromatic carbocycles. The van der Waals surface area contributed by atoms with E-state index in [9.17, 15) is 10.1 Å². The summed E-state index contributed by atoms with van der Waals surface area (Å²) < 4.78 is 11.2. The van der Waals surface area contributed by atoms with Crippen LogP contribution in [0.3, 0.4) is 0 Å². The van der Waals surface area contributed by atoms with Gasteiger partial charge in [-0.1, -0.05) is 6.07 Å². The SMILES string of the molecule is CCOc1ccc(CCNc2ncc([N+](=O)[O-])cc2C)cc1OCC. The standard InChI is InChI=1S/C18H23N3O4/c1-4-24-16-7-6-14(11-17(16)25-5-2)8-9-19-18-13(3)10-15(12-20-18)21(22)23/h6-7,10-12H,4-5,8-9H2,1-3H3,(H,19,20). The molecule has 0 atom stereocenters. The van der Waals surface area contributed by atoms with Crippen LogP contribution in [0.25, 0.3) is 0 Å². The zero-order chi connectivity index (χ0) is 18.2. The Kier molecular flexibility index (Phi) is 6.56. The zero-order valence-corrected chi connectivity index (χ0v) is 14.7. The first-order valence-corrected chi connectivity index (χ1v) is 8.28. The van der Waals surface area contributed by atoms with Crippen LogP contribution in [-0.2, 0) is 6.42 Å². The average molecular weight is 345 g/mol. The minimum Gasteiger partial charge on any atom is -0.490 e. The molecule has 134 valence electrons. The lowest BCUT2D eigenvalue weighted by molar-refractivity contribution is -0.385. The molecule has 0 saturated carbocycles. The van der Waals surface area contributed by atoms with Crippen LogP contribution in [0.2, 0.25) is 0 Å². The van der Waals surface area contributed by atoms with E-state index in [1.54, 1.807) is 6.92 Å². The van der Waals surface area contributed by atoms with Crippen LogP contribution in [0.5, 0.6) is 11.5 Å². The fourth-order valence-electron chi connectivity index (χ4n) is 2.42. The second kappa shape index (κ2) is 8.86. The Morgan fingerprint density at radius 2 is 1.88 bits per heavy atom. The molecule has 0 bridgehead atoms. The van der Waals surface area contributed by atoms with Crippen molar-refractivity contribution in [3.63, 3.8) is 0 Å². The maximum absolute atomic E-state index is 10.7. The van der Waals surface area contributed by atoms with Gasteiger partial charge < -0.3 is 14.8 Å². The number of rotatable bonds is 9. The molecule has 0 spiro atoms. The first-order valence-electron chi connectivity index (χ1n) is 8.28. The molecule has 0 saturated heterocycles. The predicted molar refractivity (Wildman–Crippen MR) is 96.6 cm³/mol. The third kappa shape index (κ3) is 5.07. The largest absolute Gasteiger partial charge is 0.490 e. The van der Waals surface area contributed by atoms with Crippen LogP contribution < -0.4 is 14.8 Å². The van der Waals surface area contributed by atoms with E-state index < -0.39 is 4.92 Å². The topological polar surface area (TPSA) is 86.5 Å². The van der Waals surface area contributed by atoms with E-state index in [1.165, 1.54) is 12.3 Å². The summed E-state index contributed by atoms with van der Waals surface area (Å²) in [5.41, 5.74) is 1.85. The monoisotopic (exact) mass is 345 g/mol. The molecule has 0 aliphatic rings. The summed E-state index contributed by atoms with van der Waals surface area (Å²) in [6.07, 6.45) is 2.03. The Balaban J connectivity index is 1.99. The highest BCUT2D eigenvalue weighted by atomic mass is 16.6. The number of hydrogen-bond acceptors (Lipinski definition) is 6. The van der Waals surface area contributed by atoms with Crippen molar-refractivity contribution < 1.29 is 14.4 Å². The second-order valence-corrected chi connectivity index (χ2v) is 5.44. The molecule has 0 amide bonds. The molecule has 1 N–H and O–H groups in total. The van der Waals surface area contributed by atoms with Gasteiger partial charge in [0.05, 0.1) is 18.1 Å². The predicted octanol–water partition coefficient (Wildman–Crippen LogP) is 3.75. The van der Waals surface area contributed by atoms with Gasteiger partial charge in [-0.3, -0.25) is 10.1 Å². The second-order valence-electron chi connectivity index (χ2n) is 5.44. The minimum absolute atomic E-state index is 0.00378. The number of hydrogen-bond donors (Lipinski definition) is 1. The molecule has 1 aromatic heterocycles. The number of pyridine rings is 1. The first kappa shape index (κ1) is 18.5. The molecule has 0 aliphatic heterocycles. The lowest BCUT2D eigenvalue weighted by atomic mass is 10.1. The number of aromatic nitrogens is 1. The maximum Gasteiger partial charge on any atom is 0.287 e. The van der Waals surface area contributed by atoms with Gasteiger partial charge in [0.1, 0.15) is 12.0 Å². The Morgan fingerprint density at radius 3 is 2.52 bits per heavy atom. The van der Waals surface area contributed by atoms with Gasteiger partial charge in [-0.2, -0.15) is 0 Å². The lowest BCUT2D eigenvalue weighted by Gasteiger charge is -2.13. The van der Waals surface area contributed by atoms with Crippen molar-refractivity contribution in [2.75, 3.05) is 25.1 Å². The van der Waals surface area contributed by atoms with Crippen molar-refractivity contribution in [3.05, 3.63) is 51.7 Å². The smallest absolute Gasteiger partial charge is 0.287 e. The highest BCUT2D eigenvalue weighted by molar-refractivity contribution is 5.48. The van der Waals surface area contributed by atoms with E-state index in [1.807, 2.05) is 32.0 Å². The molecule has 0 unspecified atom stereocenters. The van der Waals surface area contributed by atoms with Gasteiger partial charge >= 0.3 is 0 Å². The zero-order valence-electron chi connectivity index (χ0n) is 14.7. The van der Waals surface area contributed by atoms with Crippen molar-refractivity contribution in [1.29, 1.82) is 0 Å². The fraction of sp³-hybridized carbons (Fsp3) is 0.389. The molecule has 0 fully saturated rings. The molecule has 7 heteroatoms. The summed E-state index contributed by atoms with van der Waals surface area (Å²) in [5, 5.41) is 14.0. The highest BCUT2D eigenvalue weighted by Gasteiger charge is 2.10. The summed E-state index contributed by atoms with van der Waals surface area (Å²) in [6.45, 7) is 7.50. The third-order valence-corrected chi connectivity index (χ3v) is 3.59. The van der Waals surface area contributed by atoms with E-state index >= 15 is 0 Å². The van der Waals surface area contributed by atoms with Crippen LogP contribution in [0.15, 0.2) is 30.5 Å². The van der Waals surface area contributed by atoms with Gasteiger partial charge in [-0.25, -0.2) is 4.98 Å². The Bertz CT molecular complexity index is 734. The number of aryl methyl sites for hydroxylation is 1. The minimum atomic E-state index is -0.445. The number of nitro groups is 1. The molecular formula is C18H23N3O4. The van der Waals surface area contributed by atoms with Crippen LogP contribution >= 0.6 is 0 Å². The Morgan fingerprint density at radius 1 is 1.16 bits per heavy atom. The van der Waals surface area contributed by atoms with Crippen LogP contribution in [0, 0.1) is 17.0 Å². The average Bonchev–Trinajstić information content (AvgIpc) is 2.58. The molecule has 0 aliphatic carbocycles. The van der Waals surface area contributed by atoms with Crippen molar-refractivity contribution in [2.45, 2.75) is 27.2 Å². The van der Waals surface area contributed by atoms with E-state index in [-0.39, 0.29) is 5.69 Å². The lowest BCUT2D eigenvalue weighted by Crippen LogP contribution is -2.08. The number of nitrogens with one attached hydrogen (secondary N) is 1. The summed E-state index contributed by atoms with van der Waals surface area (Å²) in [5.74, 6) is 2.14. The summed E-state index contributed by atoms with van der Waals surface area (Å²) in [4.78, 5) is 14.4. The van der Waals surface area contributed by atoms with Crippen LogP contribution in [-0.4, -0.2) is 29.7 Å². The summed E-state index contributed by atoms with van der Waals surface area (Å²) in [6, 6.07) is 7.41. The van der Waals surface area contributed by atoms with E-state index in [0.717, 1.165) is 29.0 Å². The summed E-state index contributed by atoms with van der Waals surface area (Å²) >= 11 is 0. The van der Waals surface area contributed by atoms with Gasteiger partial charge in [0, 0.05) is 12.6 Å². The Hall–Kier alpha value is -2.83. The quantitative estimate of drug-likeness (QED) is 0.550. The van der Waals surface area contributed by atoms with Gasteiger partial charge in [0.25, 0.3) is 5.69 Å². The number of nitrogens with zero attached hydrogens (tertiary/aromatic N) is 2. The van der Waals surface area contributed by atoms with Gasteiger partial charge in [0.2, 0.25) is 0 Å². The van der Waals surface area contributed by atoms with E-state index in [0.29, 0.717) is 25.6 Å². The molecule has 25 heavy (non-hydrogen) atoms. The molecule has 1 heterocycles. The van der Waals surface area contributed by atoms with Gasteiger partial charge in [0.15, 0.2) is 11.5 Å². The third-order valence-electron chi connectivity index (χ3n) is 3.59. The number of benzene rings is 1. The van der Waals surface area contributed by atoms with E-state index in [2.05, 4.69) is 10.3 Å². The summed E-state index contributed by atoms with van der Waals surface area (Å²) in [7, 11) is 0. The fourth-order valence-corrected chi connectivity index (χ4v) is 2.42. The van der Waals surface area contributed by atoms with Crippen molar-refractivity contribution in [3.8, 4) is 11.5 Å². The first-order chi connectivity index (χ1) is 12.0. The van der Waals surface area contributed by atoms with Gasteiger partial charge in [-0.15, -0.1) is 0 Å². The highest BCUT2D eigenvalue weighted by Crippen LogP contribution is 2.28. The van der Waals surface area contributed by atoms with Gasteiger partial charge in [-0.05, 0) is 50.5 Å². The van der Waals surface area contributed by atoms with Crippen LogP contribution in [0.4, 0.5) is 11.5 Å². The number of anilines is 1. The van der Waals surface area contributed by atoms with Crippen LogP contribution in [0.1, 0.15) is 25.0 Å². The van der Waals surface area contributed by atoms with E-state index in [4.69, 9.17) is 9.47 Å². The molecule has 0 radical (unpaired) electrons. The normalized spacial score (nSPS) is 10.4.